The molecular formula is C21H31OTi. The third kappa shape index (κ3) is 7.02. The zero-order chi connectivity index (χ0) is 18.4. The molecule has 1 nitrogen and oxygen atoms in total. The molecule has 1 atom stereocenters. The number of hydrogen-bond acceptors (Lipinski definition) is 1. The van der Waals surface area contributed by atoms with E-state index in [9.17, 15) is 5.11 Å². The van der Waals surface area contributed by atoms with Crippen molar-refractivity contribution in [2.24, 2.45) is 5.92 Å². The molecule has 1 aliphatic rings. The molecule has 1 aliphatic carbocycles. The number of hydrogen-bond donors (Lipinski definition) is 1. The standard InChI is InChI=1S/C11H16O.C9H13.CH2.Ti/c1-8-5-9(11(2,3)4)7-10(12)6-8;1-6-5-7(2)9(4)8(6)3;;/h5-7,12H,1-4H3;6H,1-4H3;1H2;/q;-1;;+1. The molecule has 2 rings (SSSR count). The molecule has 0 aromatic heterocycles. The van der Waals surface area contributed by atoms with Gasteiger partial charge in [0, 0.05) is 0 Å². The van der Waals surface area contributed by atoms with Crippen molar-refractivity contribution in [2.75, 3.05) is 0 Å². The summed E-state index contributed by atoms with van der Waals surface area (Å²) < 4.78 is 0. The van der Waals surface area contributed by atoms with Crippen molar-refractivity contribution >= 4 is 4.82 Å². The molecule has 23 heavy (non-hydrogen) atoms. The summed E-state index contributed by atoms with van der Waals surface area (Å²) in [4.78, 5) is 3.25. The summed E-state index contributed by atoms with van der Waals surface area (Å²) >= 11 is 1.75. The minimum atomic E-state index is 0.115. The van der Waals surface area contributed by atoms with Crippen molar-refractivity contribution in [3.63, 3.8) is 0 Å². The first-order valence-electron chi connectivity index (χ1n) is 7.96. The molecule has 125 valence electrons. The Morgan fingerprint density at radius 1 is 1.04 bits per heavy atom. The first-order chi connectivity index (χ1) is 10.5. The van der Waals surface area contributed by atoms with Crippen LogP contribution in [-0.2, 0) is 25.4 Å². The molecule has 1 aromatic rings. The van der Waals surface area contributed by atoms with Gasteiger partial charge in [0.15, 0.2) is 0 Å². The quantitative estimate of drug-likeness (QED) is 0.472. The normalized spacial score (nSPS) is 17.0. The summed E-state index contributed by atoms with van der Waals surface area (Å²) in [6.45, 7) is 17.1. The molecule has 0 radical (unpaired) electrons. The molecule has 0 fully saturated rings. The summed E-state index contributed by atoms with van der Waals surface area (Å²) in [5.74, 6) is 0.921. The number of allylic oxidation sites excluding steroid dienone is 4. The molecule has 1 N–H and O–H groups in total. The first-order valence-corrected chi connectivity index (χ1v) is 9.07. The van der Waals surface area contributed by atoms with Crippen LogP contribution in [0.5, 0.6) is 5.75 Å². The van der Waals surface area contributed by atoms with Gasteiger partial charge in [-0.2, -0.15) is 11.1 Å². The monoisotopic (exact) mass is 347 g/mol. The number of rotatable bonds is 0. The van der Waals surface area contributed by atoms with Crippen molar-refractivity contribution in [3.8, 4) is 5.75 Å². The van der Waals surface area contributed by atoms with Gasteiger partial charge >= 0.3 is 24.8 Å². The Morgan fingerprint density at radius 2 is 1.57 bits per heavy atom. The molecule has 0 saturated heterocycles. The fourth-order valence-corrected chi connectivity index (χ4v) is 2.36. The zero-order valence-electron chi connectivity index (χ0n) is 16.0. The van der Waals surface area contributed by atoms with E-state index in [-0.39, 0.29) is 5.41 Å². The van der Waals surface area contributed by atoms with Crippen LogP contribution in [0.1, 0.15) is 59.6 Å². The minimum absolute atomic E-state index is 0.115. The number of aryl methyl sites for hydroxylation is 1. The van der Waals surface area contributed by atoms with Crippen LogP contribution in [0.2, 0.25) is 0 Å². The van der Waals surface area contributed by atoms with Crippen LogP contribution in [0, 0.1) is 18.9 Å². The maximum atomic E-state index is 9.36. The van der Waals surface area contributed by atoms with Gasteiger partial charge in [0.1, 0.15) is 5.75 Å². The molecule has 0 bridgehead atoms. The Labute approximate surface area is 154 Å². The van der Waals surface area contributed by atoms with Crippen LogP contribution in [0.15, 0.2) is 34.9 Å². The van der Waals surface area contributed by atoms with Gasteiger partial charge in [0.2, 0.25) is 0 Å². The molecule has 0 amide bonds. The van der Waals surface area contributed by atoms with E-state index < -0.39 is 0 Å². The van der Waals surface area contributed by atoms with Crippen LogP contribution < -0.4 is 0 Å². The van der Waals surface area contributed by atoms with Crippen LogP contribution in [0.3, 0.4) is 0 Å². The van der Waals surface area contributed by atoms with Gasteiger partial charge in [-0.1, -0.05) is 53.5 Å². The third-order valence-electron chi connectivity index (χ3n) is 4.16. The Bertz CT molecular complexity index is 568. The van der Waals surface area contributed by atoms with Gasteiger partial charge in [0.05, 0.1) is 0 Å². The van der Waals surface area contributed by atoms with E-state index in [2.05, 4.69) is 65.4 Å². The average Bonchev–Trinajstić information content (AvgIpc) is 2.66. The Hall–Kier alpha value is -0.916. The summed E-state index contributed by atoms with van der Waals surface area (Å²) in [6.07, 6.45) is 3.36. The molecule has 0 saturated carbocycles. The summed E-state index contributed by atoms with van der Waals surface area (Å²) in [7, 11) is 0. The van der Waals surface area contributed by atoms with E-state index in [1.807, 2.05) is 13.0 Å². The average molecular weight is 347 g/mol. The van der Waals surface area contributed by atoms with Gasteiger partial charge in [-0.25, -0.2) is 5.57 Å². The van der Waals surface area contributed by atoms with Gasteiger partial charge < -0.3 is 5.11 Å². The predicted octanol–water partition coefficient (Wildman–Crippen LogP) is 5.69. The van der Waals surface area contributed by atoms with Gasteiger partial charge in [-0.15, -0.1) is 6.92 Å². The molecule has 2 heteroatoms. The fourth-order valence-electron chi connectivity index (χ4n) is 2.36. The fraction of sp³-hybridized carbons (Fsp3) is 0.476. The molecular weight excluding hydrogens is 316 g/mol. The Kier molecular flexibility index (Phi) is 9.02. The van der Waals surface area contributed by atoms with E-state index in [4.69, 9.17) is 0 Å². The molecule has 1 aromatic carbocycles. The van der Waals surface area contributed by atoms with Gasteiger partial charge in [-0.05, 0) is 35.6 Å². The van der Waals surface area contributed by atoms with Crippen LogP contribution >= 0.6 is 0 Å². The molecule has 0 spiro atoms. The van der Waals surface area contributed by atoms with Crippen LogP contribution in [0.4, 0.5) is 0 Å². The van der Waals surface area contributed by atoms with Crippen molar-refractivity contribution in [1.82, 2.24) is 0 Å². The van der Waals surface area contributed by atoms with Crippen molar-refractivity contribution < 1.29 is 25.1 Å². The summed E-state index contributed by atoms with van der Waals surface area (Å²) in [5, 5.41) is 9.36. The maximum absolute atomic E-state index is 9.36. The number of benzene rings is 1. The summed E-state index contributed by atoms with van der Waals surface area (Å²) in [6, 6.07) is 5.71. The molecule has 1 unspecified atom stereocenters. The molecule has 0 aliphatic heterocycles. The van der Waals surface area contributed by atoms with Crippen LogP contribution in [-0.4, -0.2) is 9.92 Å². The molecule has 0 heterocycles. The second kappa shape index (κ2) is 9.40. The van der Waals surface area contributed by atoms with Crippen molar-refractivity contribution in [1.29, 1.82) is 0 Å². The second-order valence-corrected chi connectivity index (χ2v) is 7.11. The number of phenols is 1. The Morgan fingerprint density at radius 3 is 1.83 bits per heavy atom. The second-order valence-electron chi connectivity index (χ2n) is 7.11. The van der Waals surface area contributed by atoms with Gasteiger partial charge in [0.25, 0.3) is 0 Å². The number of phenolic OH excluding ortho intramolecular Hbond substituents is 1. The third-order valence-corrected chi connectivity index (χ3v) is 4.16. The first kappa shape index (κ1) is 22.1. The van der Waals surface area contributed by atoms with E-state index in [1.54, 1.807) is 26.0 Å². The van der Waals surface area contributed by atoms with E-state index in [0.29, 0.717) is 11.7 Å². The van der Waals surface area contributed by atoms with E-state index in [0.717, 1.165) is 5.56 Å². The van der Waals surface area contributed by atoms with E-state index >= 15 is 0 Å². The Balaban J connectivity index is 0.000000392. The number of aromatic hydroxyl groups is 1. The van der Waals surface area contributed by atoms with Crippen molar-refractivity contribution in [3.05, 3.63) is 52.1 Å². The van der Waals surface area contributed by atoms with Gasteiger partial charge in [-0.3, -0.25) is 6.08 Å². The van der Waals surface area contributed by atoms with Crippen LogP contribution in [0.25, 0.3) is 0 Å². The topological polar surface area (TPSA) is 20.2 Å². The zero-order valence-corrected chi connectivity index (χ0v) is 17.5. The van der Waals surface area contributed by atoms with Crippen molar-refractivity contribution in [2.45, 2.75) is 60.8 Å². The predicted molar refractivity (Wildman–Crippen MR) is 98.6 cm³/mol. The van der Waals surface area contributed by atoms with E-state index in [1.165, 1.54) is 22.3 Å². The SMILES string of the molecule is CC1=[C-]C(C)C(C)=C1C.Cc1cc(O)cc(C(C)(C)C)c1.[CH2]=[Ti+]. The summed E-state index contributed by atoms with van der Waals surface area (Å²) in [5.41, 5.74) is 6.65.